The quantitative estimate of drug-likeness (QED) is 0.424. The number of rotatable bonds is 10. The summed E-state index contributed by atoms with van der Waals surface area (Å²) in [5, 5.41) is 20.9. The molecule has 0 heterocycles. The van der Waals surface area contributed by atoms with E-state index in [0.717, 1.165) is 24.8 Å². The van der Waals surface area contributed by atoms with Crippen molar-refractivity contribution in [3.05, 3.63) is 23.8 Å². The first-order valence-electron chi connectivity index (χ1n) is 10.2. The Kier molecular flexibility index (Phi) is 8.23. The molecule has 0 aromatic heterocycles. The van der Waals surface area contributed by atoms with Crippen molar-refractivity contribution in [2.24, 2.45) is 0 Å². The summed E-state index contributed by atoms with van der Waals surface area (Å²) in [7, 11) is 1.54. The summed E-state index contributed by atoms with van der Waals surface area (Å²) in [6.07, 6.45) is 10.5. The minimum Gasteiger partial charge on any atom is -0.508 e. The molecular weight excluding hydrogens is 328 g/mol. The number of hydrogen-bond acceptors (Lipinski definition) is 4. The summed E-state index contributed by atoms with van der Waals surface area (Å²) in [5.41, 5.74) is 0.875. The average molecular weight is 365 g/mol. The molecular formula is C22H36O4. The summed E-state index contributed by atoms with van der Waals surface area (Å²) in [6, 6.07) is 5.58. The number of phenolic OH excluding ortho intramolecular Hbond substituents is 1. The fourth-order valence-corrected chi connectivity index (χ4v) is 3.93. The first-order valence-corrected chi connectivity index (χ1v) is 10.2. The minimum atomic E-state index is -1.07. The van der Waals surface area contributed by atoms with Crippen LogP contribution in [-0.4, -0.2) is 29.2 Å². The smallest absolute Gasteiger partial charge is 0.165 e. The van der Waals surface area contributed by atoms with Crippen LogP contribution in [0.2, 0.25) is 0 Å². The maximum Gasteiger partial charge on any atom is 0.165 e. The Morgan fingerprint density at radius 3 is 2.69 bits per heavy atom. The summed E-state index contributed by atoms with van der Waals surface area (Å²) >= 11 is 0. The second-order valence-corrected chi connectivity index (χ2v) is 7.80. The Labute approximate surface area is 158 Å². The lowest BCUT2D eigenvalue weighted by Gasteiger charge is -2.36. The van der Waals surface area contributed by atoms with Gasteiger partial charge in [0.25, 0.3) is 0 Å². The van der Waals surface area contributed by atoms with E-state index in [1.54, 1.807) is 13.2 Å². The number of ether oxygens (including phenoxy) is 2. The molecule has 0 saturated heterocycles. The number of phenols is 1. The second kappa shape index (κ2) is 10.2. The number of aromatic hydroxyl groups is 1. The zero-order chi connectivity index (χ0) is 19.0. The maximum atomic E-state index is 10.5. The molecule has 1 saturated carbocycles. The molecule has 0 amide bonds. The Bertz CT molecular complexity index is 545. The molecule has 1 fully saturated rings. The van der Waals surface area contributed by atoms with Crippen LogP contribution in [0.1, 0.15) is 89.5 Å². The van der Waals surface area contributed by atoms with Gasteiger partial charge in [-0.25, -0.2) is 0 Å². The highest BCUT2D eigenvalue weighted by Crippen LogP contribution is 2.42. The molecule has 0 spiro atoms. The molecule has 2 rings (SSSR count). The Balaban J connectivity index is 1.88. The molecule has 1 aliphatic carbocycles. The Morgan fingerprint density at radius 1 is 1.23 bits per heavy atom. The lowest BCUT2D eigenvalue weighted by Crippen LogP contribution is -2.36. The third-order valence-corrected chi connectivity index (χ3v) is 5.56. The van der Waals surface area contributed by atoms with Crippen LogP contribution in [0.3, 0.4) is 0 Å². The van der Waals surface area contributed by atoms with Gasteiger partial charge in [0.05, 0.1) is 6.10 Å². The number of hydrogen-bond donors (Lipinski definition) is 2. The SMILES string of the molecule is CCCCCCCC(C)Oc1ccc(C2CCCC(O)(OC)C2)c(O)c1. The van der Waals surface area contributed by atoms with Gasteiger partial charge in [-0.1, -0.05) is 38.7 Å². The van der Waals surface area contributed by atoms with Gasteiger partial charge in [-0.15, -0.1) is 0 Å². The predicted octanol–water partition coefficient (Wildman–Crippen LogP) is 5.51. The fourth-order valence-electron chi connectivity index (χ4n) is 3.93. The topological polar surface area (TPSA) is 58.9 Å². The van der Waals surface area contributed by atoms with Gasteiger partial charge in [-0.2, -0.15) is 0 Å². The van der Waals surface area contributed by atoms with Crippen molar-refractivity contribution in [1.82, 2.24) is 0 Å². The minimum absolute atomic E-state index is 0.110. The third kappa shape index (κ3) is 6.17. The average Bonchev–Trinajstić information content (AvgIpc) is 2.61. The van der Waals surface area contributed by atoms with Gasteiger partial charge >= 0.3 is 0 Å². The van der Waals surface area contributed by atoms with E-state index < -0.39 is 5.79 Å². The van der Waals surface area contributed by atoms with Crippen molar-refractivity contribution in [3.63, 3.8) is 0 Å². The van der Waals surface area contributed by atoms with Crippen molar-refractivity contribution >= 4 is 0 Å². The van der Waals surface area contributed by atoms with Crippen molar-refractivity contribution in [2.45, 2.75) is 95.9 Å². The summed E-state index contributed by atoms with van der Waals surface area (Å²) in [4.78, 5) is 0. The van der Waals surface area contributed by atoms with Crippen LogP contribution in [0.4, 0.5) is 0 Å². The first kappa shape index (κ1) is 21.0. The highest BCUT2D eigenvalue weighted by Gasteiger charge is 2.35. The molecule has 0 bridgehead atoms. The number of aliphatic hydroxyl groups is 1. The molecule has 2 N–H and O–H groups in total. The van der Waals surface area contributed by atoms with Crippen molar-refractivity contribution < 1.29 is 19.7 Å². The molecule has 1 aromatic carbocycles. The van der Waals surface area contributed by atoms with E-state index in [1.807, 2.05) is 12.1 Å². The van der Waals surface area contributed by atoms with E-state index >= 15 is 0 Å². The van der Waals surface area contributed by atoms with E-state index in [-0.39, 0.29) is 17.8 Å². The molecule has 4 nitrogen and oxygen atoms in total. The van der Waals surface area contributed by atoms with Crippen molar-refractivity contribution in [1.29, 1.82) is 0 Å². The number of benzene rings is 1. The maximum absolute atomic E-state index is 10.5. The van der Waals surface area contributed by atoms with Crippen LogP contribution in [-0.2, 0) is 4.74 Å². The Hall–Kier alpha value is -1.26. The summed E-state index contributed by atoms with van der Waals surface area (Å²) in [6.45, 7) is 4.32. The number of methoxy groups -OCH3 is 1. The van der Waals surface area contributed by atoms with E-state index in [4.69, 9.17) is 9.47 Å². The monoisotopic (exact) mass is 364 g/mol. The van der Waals surface area contributed by atoms with Crippen LogP contribution >= 0.6 is 0 Å². The molecule has 148 valence electrons. The fraction of sp³-hybridized carbons (Fsp3) is 0.727. The van der Waals surface area contributed by atoms with E-state index in [1.165, 1.54) is 32.1 Å². The van der Waals surface area contributed by atoms with Gasteiger partial charge in [0, 0.05) is 26.0 Å². The van der Waals surface area contributed by atoms with Gasteiger partial charge in [0.1, 0.15) is 11.5 Å². The van der Waals surface area contributed by atoms with Gasteiger partial charge in [-0.3, -0.25) is 0 Å². The zero-order valence-corrected chi connectivity index (χ0v) is 16.7. The first-order chi connectivity index (χ1) is 12.5. The largest absolute Gasteiger partial charge is 0.508 e. The highest BCUT2D eigenvalue weighted by molar-refractivity contribution is 5.42. The zero-order valence-electron chi connectivity index (χ0n) is 16.7. The van der Waals surface area contributed by atoms with Crippen LogP contribution in [0.5, 0.6) is 11.5 Å². The number of unbranched alkanes of at least 4 members (excludes halogenated alkanes) is 4. The van der Waals surface area contributed by atoms with E-state index in [9.17, 15) is 10.2 Å². The molecule has 0 radical (unpaired) electrons. The highest BCUT2D eigenvalue weighted by atomic mass is 16.6. The van der Waals surface area contributed by atoms with E-state index in [2.05, 4.69) is 13.8 Å². The lowest BCUT2D eigenvalue weighted by molar-refractivity contribution is -0.206. The summed E-state index contributed by atoms with van der Waals surface area (Å²) in [5.74, 6) is 0.00319. The molecule has 1 aromatic rings. The van der Waals surface area contributed by atoms with Crippen molar-refractivity contribution in [3.8, 4) is 11.5 Å². The molecule has 4 heteroatoms. The van der Waals surface area contributed by atoms with E-state index in [0.29, 0.717) is 18.6 Å². The van der Waals surface area contributed by atoms with Crippen LogP contribution in [0.15, 0.2) is 18.2 Å². The second-order valence-electron chi connectivity index (χ2n) is 7.80. The third-order valence-electron chi connectivity index (χ3n) is 5.56. The molecule has 0 aliphatic heterocycles. The normalized spacial score (nSPS) is 24.4. The molecule has 26 heavy (non-hydrogen) atoms. The standard InChI is InChI=1S/C22H36O4/c1-4-5-6-7-8-10-17(2)26-19-12-13-20(21(23)15-19)18-11-9-14-22(24,16-18)25-3/h12-13,15,17-18,23-24H,4-11,14,16H2,1-3H3. The van der Waals surface area contributed by atoms with Gasteiger partial charge in [-0.05, 0) is 50.2 Å². The Morgan fingerprint density at radius 2 is 2.00 bits per heavy atom. The van der Waals surface area contributed by atoms with Crippen molar-refractivity contribution in [2.75, 3.05) is 7.11 Å². The summed E-state index contributed by atoms with van der Waals surface area (Å²) < 4.78 is 11.2. The van der Waals surface area contributed by atoms with Crippen LogP contribution in [0.25, 0.3) is 0 Å². The van der Waals surface area contributed by atoms with Crippen LogP contribution < -0.4 is 4.74 Å². The molecule has 1 aliphatic rings. The van der Waals surface area contributed by atoms with Gasteiger partial charge < -0.3 is 19.7 Å². The van der Waals surface area contributed by atoms with Gasteiger partial charge in [0.2, 0.25) is 0 Å². The predicted molar refractivity (Wildman–Crippen MR) is 105 cm³/mol. The van der Waals surface area contributed by atoms with Gasteiger partial charge in [0.15, 0.2) is 5.79 Å². The lowest BCUT2D eigenvalue weighted by atomic mass is 9.80. The van der Waals surface area contributed by atoms with Crippen LogP contribution in [0, 0.1) is 0 Å². The molecule has 3 unspecified atom stereocenters. The molecule has 3 atom stereocenters.